The van der Waals surface area contributed by atoms with Gasteiger partial charge in [-0.2, -0.15) is 0 Å². The summed E-state index contributed by atoms with van der Waals surface area (Å²) < 4.78 is 28.9. The lowest BCUT2D eigenvalue weighted by Gasteiger charge is -2.08. The first-order valence-corrected chi connectivity index (χ1v) is 5.67. The van der Waals surface area contributed by atoms with E-state index in [1.165, 1.54) is 29.1 Å². The van der Waals surface area contributed by atoms with Crippen LogP contribution in [0.25, 0.3) is 17.1 Å². The van der Waals surface area contributed by atoms with Crippen molar-refractivity contribution in [1.82, 2.24) is 14.8 Å². The molecule has 1 aromatic heterocycles. The zero-order chi connectivity index (χ0) is 13.2. The SMILES string of the molecule is Fc1cccc(F)c1-n1cnnc1-c1ccccc1. The maximum Gasteiger partial charge on any atom is 0.168 e. The molecule has 0 spiro atoms. The Morgan fingerprint density at radius 2 is 1.53 bits per heavy atom. The molecule has 0 amide bonds. The fourth-order valence-electron chi connectivity index (χ4n) is 1.90. The first-order chi connectivity index (χ1) is 9.27. The molecule has 0 radical (unpaired) electrons. The van der Waals surface area contributed by atoms with Gasteiger partial charge in [-0.05, 0) is 12.1 Å². The van der Waals surface area contributed by atoms with E-state index in [2.05, 4.69) is 10.2 Å². The molecule has 1 heterocycles. The van der Waals surface area contributed by atoms with Crippen molar-refractivity contribution >= 4 is 0 Å². The van der Waals surface area contributed by atoms with Gasteiger partial charge in [0.05, 0.1) is 0 Å². The molecule has 0 aliphatic carbocycles. The van der Waals surface area contributed by atoms with Crippen LogP contribution < -0.4 is 0 Å². The molecule has 5 heteroatoms. The quantitative estimate of drug-likeness (QED) is 0.705. The number of benzene rings is 2. The average molecular weight is 257 g/mol. The summed E-state index contributed by atoms with van der Waals surface area (Å²) in [5, 5.41) is 7.66. The number of para-hydroxylation sites is 1. The van der Waals surface area contributed by atoms with Crippen LogP contribution in [0.4, 0.5) is 8.78 Å². The third-order valence-corrected chi connectivity index (χ3v) is 2.76. The lowest BCUT2D eigenvalue weighted by molar-refractivity contribution is 0.569. The predicted molar refractivity (Wildman–Crippen MR) is 66.7 cm³/mol. The van der Waals surface area contributed by atoms with E-state index in [9.17, 15) is 8.78 Å². The lowest BCUT2D eigenvalue weighted by Crippen LogP contribution is -2.02. The van der Waals surface area contributed by atoms with E-state index >= 15 is 0 Å². The van der Waals surface area contributed by atoms with Crippen LogP contribution in [0.2, 0.25) is 0 Å². The van der Waals surface area contributed by atoms with Crippen LogP contribution >= 0.6 is 0 Å². The molecule has 0 aliphatic rings. The predicted octanol–water partition coefficient (Wildman–Crippen LogP) is 3.21. The Labute approximate surface area is 108 Å². The van der Waals surface area contributed by atoms with Crippen LogP contribution in [-0.4, -0.2) is 14.8 Å². The number of hydrogen-bond acceptors (Lipinski definition) is 2. The van der Waals surface area contributed by atoms with Gasteiger partial charge >= 0.3 is 0 Å². The lowest BCUT2D eigenvalue weighted by atomic mass is 10.2. The molecule has 3 aromatic rings. The van der Waals surface area contributed by atoms with E-state index in [1.54, 1.807) is 12.1 Å². The van der Waals surface area contributed by atoms with Gasteiger partial charge in [0.1, 0.15) is 23.6 Å². The van der Waals surface area contributed by atoms with E-state index < -0.39 is 11.6 Å². The Morgan fingerprint density at radius 1 is 0.842 bits per heavy atom. The van der Waals surface area contributed by atoms with Crippen molar-refractivity contribution in [3.63, 3.8) is 0 Å². The number of halogens is 2. The van der Waals surface area contributed by atoms with E-state index in [0.29, 0.717) is 5.82 Å². The minimum Gasteiger partial charge on any atom is -0.276 e. The van der Waals surface area contributed by atoms with Crippen molar-refractivity contribution in [3.8, 4) is 17.1 Å². The number of nitrogens with zero attached hydrogens (tertiary/aromatic N) is 3. The molecule has 0 saturated carbocycles. The standard InChI is InChI=1S/C14H9F2N3/c15-11-7-4-8-12(16)13(11)19-9-17-18-14(19)10-5-2-1-3-6-10/h1-9H. The number of rotatable bonds is 2. The molecule has 0 bridgehead atoms. The largest absolute Gasteiger partial charge is 0.276 e. The Hall–Kier alpha value is -2.56. The maximum absolute atomic E-state index is 13.8. The summed E-state index contributed by atoms with van der Waals surface area (Å²) in [4.78, 5) is 0. The highest BCUT2D eigenvalue weighted by atomic mass is 19.1. The molecule has 0 unspecified atom stereocenters. The molecule has 94 valence electrons. The van der Waals surface area contributed by atoms with Gasteiger partial charge < -0.3 is 0 Å². The second-order valence-electron chi connectivity index (χ2n) is 3.96. The molecule has 0 saturated heterocycles. The Balaban J connectivity index is 2.21. The Kier molecular flexibility index (Phi) is 2.79. The van der Waals surface area contributed by atoms with Gasteiger partial charge in [0.15, 0.2) is 5.82 Å². The van der Waals surface area contributed by atoms with Crippen LogP contribution in [0.1, 0.15) is 0 Å². The van der Waals surface area contributed by atoms with Gasteiger partial charge in [0.2, 0.25) is 0 Å². The molecule has 3 rings (SSSR count). The van der Waals surface area contributed by atoms with Crippen LogP contribution in [0.3, 0.4) is 0 Å². The second kappa shape index (κ2) is 4.61. The topological polar surface area (TPSA) is 30.7 Å². The minimum atomic E-state index is -0.656. The first kappa shape index (κ1) is 11.5. The van der Waals surface area contributed by atoms with Gasteiger partial charge in [-0.1, -0.05) is 36.4 Å². The zero-order valence-electron chi connectivity index (χ0n) is 9.79. The molecular weight excluding hydrogens is 248 g/mol. The van der Waals surface area contributed by atoms with E-state index in [1.807, 2.05) is 18.2 Å². The molecule has 0 N–H and O–H groups in total. The molecule has 0 aliphatic heterocycles. The third kappa shape index (κ3) is 1.99. The third-order valence-electron chi connectivity index (χ3n) is 2.76. The summed E-state index contributed by atoms with van der Waals surface area (Å²) in [6, 6.07) is 12.8. The molecule has 0 atom stereocenters. The first-order valence-electron chi connectivity index (χ1n) is 5.67. The fourth-order valence-corrected chi connectivity index (χ4v) is 1.90. The van der Waals surface area contributed by atoms with Crippen molar-refractivity contribution in [2.45, 2.75) is 0 Å². The van der Waals surface area contributed by atoms with E-state index in [4.69, 9.17) is 0 Å². The molecule has 19 heavy (non-hydrogen) atoms. The highest BCUT2D eigenvalue weighted by molar-refractivity contribution is 5.58. The molecular formula is C14H9F2N3. The molecule has 3 nitrogen and oxygen atoms in total. The van der Waals surface area contributed by atoms with Gasteiger partial charge in [-0.25, -0.2) is 8.78 Å². The summed E-state index contributed by atoms with van der Waals surface area (Å²) in [6.07, 6.45) is 1.30. The van der Waals surface area contributed by atoms with Crippen LogP contribution in [0, 0.1) is 11.6 Å². The van der Waals surface area contributed by atoms with Crippen LogP contribution in [0.15, 0.2) is 54.9 Å². The summed E-state index contributed by atoms with van der Waals surface area (Å²) in [6.45, 7) is 0. The smallest absolute Gasteiger partial charge is 0.168 e. The highest BCUT2D eigenvalue weighted by Crippen LogP contribution is 2.23. The van der Waals surface area contributed by atoms with Crippen molar-refractivity contribution in [2.24, 2.45) is 0 Å². The maximum atomic E-state index is 13.8. The fraction of sp³-hybridized carbons (Fsp3) is 0. The molecule has 2 aromatic carbocycles. The molecule has 0 fully saturated rings. The second-order valence-corrected chi connectivity index (χ2v) is 3.96. The normalized spacial score (nSPS) is 10.6. The van der Waals surface area contributed by atoms with Crippen molar-refractivity contribution < 1.29 is 8.78 Å². The summed E-state index contributed by atoms with van der Waals surface area (Å²) in [7, 11) is 0. The average Bonchev–Trinajstić information content (AvgIpc) is 2.89. The Bertz CT molecular complexity index is 687. The Morgan fingerprint density at radius 3 is 2.21 bits per heavy atom. The number of aromatic nitrogens is 3. The van der Waals surface area contributed by atoms with Crippen molar-refractivity contribution in [3.05, 3.63) is 66.5 Å². The summed E-state index contributed by atoms with van der Waals surface area (Å²) in [5.41, 5.74) is 0.564. The van der Waals surface area contributed by atoms with Crippen LogP contribution in [0.5, 0.6) is 0 Å². The number of hydrogen-bond donors (Lipinski definition) is 0. The van der Waals surface area contributed by atoms with Crippen LogP contribution in [-0.2, 0) is 0 Å². The van der Waals surface area contributed by atoms with Crippen molar-refractivity contribution in [2.75, 3.05) is 0 Å². The van der Waals surface area contributed by atoms with Crippen molar-refractivity contribution in [1.29, 1.82) is 0 Å². The van der Waals surface area contributed by atoms with Gasteiger partial charge in [-0.3, -0.25) is 4.57 Å². The summed E-state index contributed by atoms with van der Waals surface area (Å²) >= 11 is 0. The van der Waals surface area contributed by atoms with Gasteiger partial charge in [0.25, 0.3) is 0 Å². The minimum absolute atomic E-state index is 0.175. The highest BCUT2D eigenvalue weighted by Gasteiger charge is 2.15. The monoisotopic (exact) mass is 257 g/mol. The summed E-state index contributed by atoms with van der Waals surface area (Å²) in [5.74, 6) is -0.918. The van der Waals surface area contributed by atoms with E-state index in [-0.39, 0.29) is 5.69 Å². The zero-order valence-corrected chi connectivity index (χ0v) is 9.79. The van der Waals surface area contributed by atoms with E-state index in [0.717, 1.165) is 5.56 Å². The van der Waals surface area contributed by atoms with Gasteiger partial charge in [0, 0.05) is 5.56 Å². The van der Waals surface area contributed by atoms with Gasteiger partial charge in [-0.15, -0.1) is 10.2 Å².